The zero-order valence-corrected chi connectivity index (χ0v) is 14.5. The number of rotatable bonds is 2. The second kappa shape index (κ2) is 6.82. The van der Waals surface area contributed by atoms with Gasteiger partial charge in [-0.2, -0.15) is 8.78 Å². The van der Waals surface area contributed by atoms with Crippen molar-refractivity contribution in [1.29, 1.82) is 0 Å². The number of hydrogen-bond acceptors (Lipinski definition) is 2. The normalized spacial score (nSPS) is 15.5. The molecule has 0 aromatic heterocycles. The number of nitrogens with zero attached hydrogens (tertiary/aromatic N) is 3. The summed E-state index contributed by atoms with van der Waals surface area (Å²) in [6.45, 7) is 0.693. The first-order valence-corrected chi connectivity index (χ1v) is 7.92. The monoisotopic (exact) mass is 389 g/mol. The van der Waals surface area contributed by atoms with E-state index in [1.54, 1.807) is 25.1 Å². The van der Waals surface area contributed by atoms with E-state index < -0.39 is 11.8 Å². The lowest BCUT2D eigenvalue weighted by atomic mass is 10.1. The minimum atomic E-state index is -3.59. The number of halogens is 3. The molecule has 1 aromatic rings. The highest BCUT2D eigenvalue weighted by Gasteiger charge is 2.44. The molecular formula is C15H18BrF2N3O2. The number of carbonyl (C=O) groups excluding carboxylic acids is 2. The molecule has 1 aliphatic heterocycles. The molecule has 5 nitrogen and oxygen atoms in total. The largest absolute Gasteiger partial charge is 0.350 e. The second-order valence-corrected chi connectivity index (χ2v) is 6.46. The van der Waals surface area contributed by atoms with Crippen LogP contribution in [-0.2, 0) is 10.7 Å². The first kappa shape index (κ1) is 17.7. The van der Waals surface area contributed by atoms with Crippen molar-refractivity contribution in [2.24, 2.45) is 0 Å². The van der Waals surface area contributed by atoms with Crippen LogP contribution in [0.3, 0.4) is 0 Å². The van der Waals surface area contributed by atoms with Crippen molar-refractivity contribution in [1.82, 2.24) is 14.7 Å². The van der Waals surface area contributed by atoms with Crippen LogP contribution in [0.5, 0.6) is 0 Å². The molecule has 23 heavy (non-hydrogen) atoms. The molecule has 1 heterocycles. The van der Waals surface area contributed by atoms with E-state index in [1.165, 1.54) is 23.1 Å². The van der Waals surface area contributed by atoms with Crippen LogP contribution < -0.4 is 0 Å². The smallest absolute Gasteiger partial charge is 0.334 e. The van der Waals surface area contributed by atoms with Crippen molar-refractivity contribution in [2.75, 3.05) is 40.3 Å². The highest BCUT2D eigenvalue weighted by Crippen LogP contribution is 2.32. The van der Waals surface area contributed by atoms with Gasteiger partial charge in [0.25, 0.3) is 5.91 Å². The van der Waals surface area contributed by atoms with Gasteiger partial charge in [-0.25, -0.2) is 4.79 Å². The average molecular weight is 390 g/mol. The Labute approximate surface area is 142 Å². The van der Waals surface area contributed by atoms with Crippen LogP contribution >= 0.6 is 15.9 Å². The zero-order valence-electron chi connectivity index (χ0n) is 12.9. The number of amides is 3. The summed E-state index contributed by atoms with van der Waals surface area (Å²) in [6.07, 6.45) is 0. The molecular weight excluding hydrogens is 372 g/mol. The lowest BCUT2D eigenvalue weighted by molar-refractivity contribution is -0.160. The summed E-state index contributed by atoms with van der Waals surface area (Å²) in [6, 6.07) is 5.37. The van der Waals surface area contributed by atoms with Crippen LogP contribution in [0.15, 0.2) is 28.7 Å². The van der Waals surface area contributed by atoms with E-state index in [-0.39, 0.29) is 37.8 Å². The molecule has 0 atom stereocenters. The second-order valence-electron chi connectivity index (χ2n) is 5.54. The molecule has 0 radical (unpaired) electrons. The zero-order chi connectivity index (χ0) is 17.2. The standard InChI is InChI=1S/C15H18BrF2N3O2/c1-19(2)14(23)21-8-6-20(7-9-21)13(22)15(17,18)11-4-3-5-12(16)10-11/h3-5,10H,6-9H2,1-2H3. The van der Waals surface area contributed by atoms with Crippen molar-refractivity contribution >= 4 is 27.9 Å². The van der Waals surface area contributed by atoms with E-state index in [4.69, 9.17) is 0 Å². The first-order chi connectivity index (χ1) is 10.7. The molecule has 0 aliphatic carbocycles. The predicted octanol–water partition coefficient (Wildman–Crippen LogP) is 2.37. The molecule has 1 aliphatic rings. The van der Waals surface area contributed by atoms with Gasteiger partial charge in [0.05, 0.1) is 0 Å². The van der Waals surface area contributed by atoms with Gasteiger partial charge in [0, 0.05) is 50.3 Å². The van der Waals surface area contributed by atoms with Gasteiger partial charge in [-0.1, -0.05) is 28.1 Å². The molecule has 0 saturated carbocycles. The number of urea groups is 1. The van der Waals surface area contributed by atoms with Gasteiger partial charge in [0.1, 0.15) is 0 Å². The molecule has 2 rings (SSSR count). The quantitative estimate of drug-likeness (QED) is 0.779. The van der Waals surface area contributed by atoms with Crippen LogP contribution in [0.25, 0.3) is 0 Å². The summed E-state index contributed by atoms with van der Waals surface area (Å²) in [5.41, 5.74) is -0.344. The van der Waals surface area contributed by atoms with Gasteiger partial charge in [0.2, 0.25) is 0 Å². The van der Waals surface area contributed by atoms with Crippen LogP contribution in [0, 0.1) is 0 Å². The Morgan fingerprint density at radius 1 is 1.13 bits per heavy atom. The van der Waals surface area contributed by atoms with E-state index in [9.17, 15) is 18.4 Å². The summed E-state index contributed by atoms with van der Waals surface area (Å²) < 4.78 is 29.3. The molecule has 8 heteroatoms. The van der Waals surface area contributed by atoms with Crippen LogP contribution in [0.2, 0.25) is 0 Å². The SMILES string of the molecule is CN(C)C(=O)N1CCN(C(=O)C(F)(F)c2cccc(Br)c2)CC1. The maximum atomic E-state index is 14.4. The molecule has 0 spiro atoms. The van der Waals surface area contributed by atoms with E-state index in [0.29, 0.717) is 4.47 Å². The minimum Gasteiger partial charge on any atom is -0.334 e. The Morgan fingerprint density at radius 2 is 1.70 bits per heavy atom. The van der Waals surface area contributed by atoms with E-state index >= 15 is 0 Å². The van der Waals surface area contributed by atoms with Gasteiger partial charge >= 0.3 is 12.0 Å². The third-order valence-electron chi connectivity index (χ3n) is 3.68. The van der Waals surface area contributed by atoms with Crippen molar-refractivity contribution in [2.45, 2.75) is 5.92 Å². The number of alkyl halides is 2. The first-order valence-electron chi connectivity index (χ1n) is 7.13. The molecule has 3 amide bonds. The van der Waals surface area contributed by atoms with Gasteiger partial charge in [0.15, 0.2) is 0 Å². The molecule has 0 N–H and O–H groups in total. The predicted molar refractivity (Wildman–Crippen MR) is 85.3 cm³/mol. The fourth-order valence-corrected chi connectivity index (χ4v) is 2.79. The average Bonchev–Trinajstić information content (AvgIpc) is 2.53. The third-order valence-corrected chi connectivity index (χ3v) is 4.17. The van der Waals surface area contributed by atoms with Gasteiger partial charge in [-0.05, 0) is 12.1 Å². The van der Waals surface area contributed by atoms with E-state index in [2.05, 4.69) is 15.9 Å². The number of piperazine rings is 1. The molecule has 0 unspecified atom stereocenters. The maximum Gasteiger partial charge on any atom is 0.350 e. The van der Waals surface area contributed by atoms with Crippen molar-refractivity contribution < 1.29 is 18.4 Å². The fourth-order valence-electron chi connectivity index (χ4n) is 2.39. The molecule has 0 bridgehead atoms. The van der Waals surface area contributed by atoms with Gasteiger partial charge in [-0.15, -0.1) is 0 Å². The van der Waals surface area contributed by atoms with Crippen molar-refractivity contribution in [3.8, 4) is 0 Å². The highest BCUT2D eigenvalue weighted by molar-refractivity contribution is 9.10. The lowest BCUT2D eigenvalue weighted by Gasteiger charge is -2.37. The van der Waals surface area contributed by atoms with Crippen LogP contribution in [0.1, 0.15) is 5.56 Å². The Bertz CT molecular complexity index is 602. The summed E-state index contributed by atoms with van der Waals surface area (Å²) in [4.78, 5) is 28.1. The molecule has 126 valence electrons. The van der Waals surface area contributed by atoms with Crippen LogP contribution in [-0.4, -0.2) is 66.9 Å². The summed E-state index contributed by atoms with van der Waals surface area (Å²) >= 11 is 3.13. The molecule has 1 fully saturated rings. The molecule has 1 saturated heterocycles. The van der Waals surface area contributed by atoms with Gasteiger partial charge < -0.3 is 14.7 Å². The number of benzene rings is 1. The summed E-state index contributed by atoms with van der Waals surface area (Å²) in [5.74, 6) is -4.81. The number of carbonyl (C=O) groups is 2. The fraction of sp³-hybridized carbons (Fsp3) is 0.467. The summed E-state index contributed by atoms with van der Waals surface area (Å²) in [5, 5.41) is 0. The highest BCUT2D eigenvalue weighted by atomic mass is 79.9. The Balaban J connectivity index is 2.06. The summed E-state index contributed by atoms with van der Waals surface area (Å²) in [7, 11) is 3.25. The molecule has 1 aromatic carbocycles. The maximum absolute atomic E-state index is 14.4. The van der Waals surface area contributed by atoms with Crippen LogP contribution in [0.4, 0.5) is 13.6 Å². The Morgan fingerprint density at radius 3 is 2.22 bits per heavy atom. The van der Waals surface area contributed by atoms with E-state index in [1.807, 2.05) is 0 Å². The van der Waals surface area contributed by atoms with E-state index in [0.717, 1.165) is 4.90 Å². The third kappa shape index (κ3) is 3.80. The van der Waals surface area contributed by atoms with Crippen molar-refractivity contribution in [3.05, 3.63) is 34.3 Å². The topological polar surface area (TPSA) is 43.9 Å². The van der Waals surface area contributed by atoms with Crippen molar-refractivity contribution in [3.63, 3.8) is 0 Å². The van der Waals surface area contributed by atoms with Gasteiger partial charge in [-0.3, -0.25) is 4.79 Å². The Hall–Kier alpha value is -1.70. The number of hydrogen-bond donors (Lipinski definition) is 0. The minimum absolute atomic E-state index is 0.0992. The Kier molecular flexibility index (Phi) is 5.23. The lowest BCUT2D eigenvalue weighted by Crippen LogP contribution is -2.55.